The molecule has 1 N–H and O–H groups in total. The van der Waals surface area contributed by atoms with E-state index in [-0.39, 0.29) is 5.88 Å². The van der Waals surface area contributed by atoms with Crippen molar-refractivity contribution in [2.24, 2.45) is 7.05 Å². The molecule has 0 amide bonds. The highest BCUT2D eigenvalue weighted by atomic mass is 32.1. The van der Waals surface area contributed by atoms with E-state index in [4.69, 9.17) is 16.6 Å². The molecule has 0 radical (unpaired) electrons. The third kappa shape index (κ3) is 1.54. The number of nitrogens with zero attached hydrogens (tertiary/aromatic N) is 3. The number of hydrogen-bond donors (Lipinski definition) is 1. The van der Waals surface area contributed by atoms with Crippen molar-refractivity contribution in [3.05, 3.63) is 27.0 Å². The van der Waals surface area contributed by atoms with E-state index in [0.717, 1.165) is 0 Å². The zero-order chi connectivity index (χ0) is 11.0. The maximum Gasteiger partial charge on any atom is 0.433 e. The molecule has 8 heteroatoms. The first kappa shape index (κ1) is 9.59. The van der Waals surface area contributed by atoms with E-state index >= 15 is 0 Å². The van der Waals surface area contributed by atoms with Gasteiger partial charge < -0.3 is 8.98 Å². The molecule has 0 bridgehead atoms. The highest BCUT2D eigenvalue weighted by Crippen LogP contribution is 2.23. The minimum atomic E-state index is -0.606. The molecule has 15 heavy (non-hydrogen) atoms. The second-order valence-corrected chi connectivity index (χ2v) is 3.19. The van der Waals surface area contributed by atoms with Crippen molar-refractivity contribution in [1.82, 2.24) is 14.8 Å². The Balaban J connectivity index is 2.50. The predicted molar refractivity (Wildman–Crippen MR) is 52.7 cm³/mol. The molecule has 0 aliphatic heterocycles. The van der Waals surface area contributed by atoms with Crippen LogP contribution in [-0.4, -0.2) is 19.7 Å². The van der Waals surface area contributed by atoms with E-state index in [0.29, 0.717) is 16.4 Å². The molecule has 0 unspecified atom stereocenters. The summed E-state index contributed by atoms with van der Waals surface area (Å²) in [6.07, 6.45) is 0. The Hall–Kier alpha value is -1.96. The van der Waals surface area contributed by atoms with Crippen LogP contribution in [0.25, 0.3) is 11.6 Å². The Morgan fingerprint density at radius 2 is 2.40 bits per heavy atom. The Labute approximate surface area is 88.5 Å². The van der Waals surface area contributed by atoms with Crippen LogP contribution in [0, 0.1) is 14.9 Å². The summed E-state index contributed by atoms with van der Waals surface area (Å²) in [4.78, 5) is 9.79. The van der Waals surface area contributed by atoms with Crippen LogP contribution in [-0.2, 0) is 7.05 Å². The van der Waals surface area contributed by atoms with E-state index in [9.17, 15) is 10.1 Å². The van der Waals surface area contributed by atoms with Gasteiger partial charge in [-0.3, -0.25) is 15.2 Å². The molecular weight excluding hydrogens is 220 g/mol. The van der Waals surface area contributed by atoms with Gasteiger partial charge in [0.15, 0.2) is 16.4 Å². The lowest BCUT2D eigenvalue weighted by Gasteiger charge is -1.93. The third-order valence-corrected chi connectivity index (χ3v) is 2.24. The first-order valence-corrected chi connectivity index (χ1v) is 4.36. The summed E-state index contributed by atoms with van der Waals surface area (Å²) in [5, 5.41) is 16.8. The zero-order valence-electron chi connectivity index (χ0n) is 7.63. The van der Waals surface area contributed by atoms with Crippen LogP contribution in [0.2, 0.25) is 0 Å². The van der Waals surface area contributed by atoms with Gasteiger partial charge in [0.1, 0.15) is 4.92 Å². The van der Waals surface area contributed by atoms with E-state index in [2.05, 4.69) is 10.2 Å². The third-order valence-electron chi connectivity index (χ3n) is 1.87. The lowest BCUT2D eigenvalue weighted by molar-refractivity contribution is -0.401. The fraction of sp³-hybridized carbons (Fsp3) is 0.143. The molecule has 0 fully saturated rings. The van der Waals surface area contributed by atoms with Crippen LogP contribution < -0.4 is 0 Å². The number of nitro groups is 1. The number of aromatic amines is 1. The topological polar surface area (TPSA) is 89.9 Å². The Kier molecular flexibility index (Phi) is 2.12. The first-order chi connectivity index (χ1) is 7.09. The fourth-order valence-corrected chi connectivity index (χ4v) is 1.25. The number of H-pyrrole nitrogens is 1. The minimum absolute atomic E-state index is 0.302. The van der Waals surface area contributed by atoms with Crippen molar-refractivity contribution < 1.29 is 9.34 Å². The Bertz CT molecular complexity index is 567. The van der Waals surface area contributed by atoms with Gasteiger partial charge in [-0.1, -0.05) is 0 Å². The van der Waals surface area contributed by atoms with Gasteiger partial charge in [-0.2, -0.15) is 5.10 Å². The van der Waals surface area contributed by atoms with Gasteiger partial charge in [0, 0.05) is 7.05 Å². The van der Waals surface area contributed by atoms with Crippen LogP contribution in [0.1, 0.15) is 0 Å². The maximum atomic E-state index is 10.4. The van der Waals surface area contributed by atoms with Crippen LogP contribution in [0.3, 0.4) is 0 Å². The molecule has 0 atom stereocenters. The lowest BCUT2D eigenvalue weighted by atomic mass is 10.4. The fourth-order valence-electron chi connectivity index (χ4n) is 1.11. The van der Waals surface area contributed by atoms with Gasteiger partial charge in [-0.25, -0.2) is 0 Å². The minimum Gasteiger partial charge on any atom is -0.397 e. The maximum absolute atomic E-state index is 10.4. The molecule has 0 saturated heterocycles. The normalized spacial score (nSPS) is 10.5. The van der Waals surface area contributed by atoms with Gasteiger partial charge in [0.05, 0.1) is 6.07 Å². The predicted octanol–water partition coefficient (Wildman–Crippen LogP) is 1.65. The smallest absolute Gasteiger partial charge is 0.397 e. The highest BCUT2D eigenvalue weighted by Gasteiger charge is 2.16. The van der Waals surface area contributed by atoms with Gasteiger partial charge in [0.2, 0.25) is 0 Å². The number of nitrogens with one attached hydrogen (secondary N) is 1. The summed E-state index contributed by atoms with van der Waals surface area (Å²) in [5.74, 6) is 0.406. The molecule has 0 spiro atoms. The summed E-state index contributed by atoms with van der Waals surface area (Å²) < 4.78 is 6.96. The van der Waals surface area contributed by atoms with Gasteiger partial charge in [0.25, 0.3) is 0 Å². The summed E-state index contributed by atoms with van der Waals surface area (Å²) >= 11 is 4.90. The lowest BCUT2D eigenvalue weighted by Crippen LogP contribution is -1.91. The van der Waals surface area contributed by atoms with Crippen LogP contribution in [0.15, 0.2) is 16.5 Å². The summed E-state index contributed by atoms with van der Waals surface area (Å²) in [7, 11) is 1.69. The SMILES string of the molecule is Cn1c(-c2ccc([N+](=O)[O-])o2)n[nH]c1=S. The monoisotopic (exact) mass is 226 g/mol. The van der Waals surface area contributed by atoms with Crippen LogP contribution >= 0.6 is 12.2 Å². The molecule has 0 aromatic carbocycles. The molecule has 0 aliphatic carbocycles. The second kappa shape index (κ2) is 3.31. The molecule has 7 nitrogen and oxygen atoms in total. The number of furan rings is 1. The van der Waals surface area contributed by atoms with Gasteiger partial charge in [-0.05, 0) is 18.3 Å². The molecule has 78 valence electrons. The largest absolute Gasteiger partial charge is 0.433 e. The number of hydrogen-bond acceptors (Lipinski definition) is 5. The summed E-state index contributed by atoms with van der Waals surface area (Å²) in [5.41, 5.74) is 0. The number of aromatic nitrogens is 3. The van der Waals surface area contributed by atoms with Crippen molar-refractivity contribution in [2.75, 3.05) is 0 Å². The Morgan fingerprint density at radius 1 is 1.67 bits per heavy atom. The van der Waals surface area contributed by atoms with Crippen molar-refractivity contribution >= 4 is 18.1 Å². The summed E-state index contributed by atoms with van der Waals surface area (Å²) in [6, 6.07) is 2.75. The van der Waals surface area contributed by atoms with E-state index in [1.807, 2.05) is 0 Å². The van der Waals surface area contributed by atoms with E-state index in [1.54, 1.807) is 11.6 Å². The quantitative estimate of drug-likeness (QED) is 0.477. The second-order valence-electron chi connectivity index (χ2n) is 2.81. The highest BCUT2D eigenvalue weighted by molar-refractivity contribution is 7.71. The van der Waals surface area contributed by atoms with Crippen LogP contribution in [0.4, 0.5) is 5.88 Å². The van der Waals surface area contributed by atoms with Gasteiger partial charge in [-0.15, -0.1) is 0 Å². The molecule has 0 saturated carbocycles. The molecule has 2 rings (SSSR count). The first-order valence-electron chi connectivity index (χ1n) is 3.95. The molecular formula is C7H6N4O3S. The zero-order valence-corrected chi connectivity index (χ0v) is 8.45. The van der Waals surface area contributed by atoms with E-state index < -0.39 is 4.92 Å². The standard InChI is InChI=1S/C7H6N4O3S/c1-10-6(8-9-7(10)15)4-2-3-5(14-4)11(12)13/h2-3H,1H3,(H,9,15). The summed E-state index contributed by atoms with van der Waals surface area (Å²) in [6.45, 7) is 0. The molecule has 2 heterocycles. The molecule has 2 aromatic heterocycles. The van der Waals surface area contributed by atoms with Crippen molar-refractivity contribution in [1.29, 1.82) is 0 Å². The molecule has 0 aliphatic rings. The van der Waals surface area contributed by atoms with Crippen molar-refractivity contribution in [3.8, 4) is 11.6 Å². The van der Waals surface area contributed by atoms with Crippen LogP contribution in [0.5, 0.6) is 0 Å². The van der Waals surface area contributed by atoms with Crippen molar-refractivity contribution in [2.45, 2.75) is 0 Å². The molecule has 2 aromatic rings. The average Bonchev–Trinajstić information content (AvgIpc) is 2.76. The van der Waals surface area contributed by atoms with Crippen molar-refractivity contribution in [3.63, 3.8) is 0 Å². The average molecular weight is 226 g/mol. The van der Waals surface area contributed by atoms with E-state index in [1.165, 1.54) is 12.1 Å². The number of rotatable bonds is 2. The van der Waals surface area contributed by atoms with Gasteiger partial charge >= 0.3 is 5.88 Å². The Morgan fingerprint density at radius 3 is 2.87 bits per heavy atom.